The maximum Gasteiger partial charge on any atom is 0.194 e. The summed E-state index contributed by atoms with van der Waals surface area (Å²) >= 11 is 0. The van der Waals surface area contributed by atoms with Crippen molar-refractivity contribution < 1.29 is 9.53 Å². The normalized spacial score (nSPS) is 15.6. The fraction of sp³-hybridized carbons (Fsp3) is 0.409. The van der Waals surface area contributed by atoms with E-state index in [-0.39, 0.29) is 24.4 Å². The smallest absolute Gasteiger partial charge is 0.194 e. The lowest BCUT2D eigenvalue weighted by molar-refractivity contribution is 0.0753. The van der Waals surface area contributed by atoms with Gasteiger partial charge in [-0.05, 0) is 25.1 Å². The fourth-order valence-corrected chi connectivity index (χ4v) is 3.54. The van der Waals surface area contributed by atoms with Crippen LogP contribution in [0.3, 0.4) is 0 Å². The van der Waals surface area contributed by atoms with E-state index >= 15 is 0 Å². The van der Waals surface area contributed by atoms with E-state index in [1.54, 1.807) is 7.11 Å². The molecule has 1 fully saturated rings. The molecule has 1 atom stereocenters. The lowest BCUT2D eigenvalue weighted by Crippen LogP contribution is -2.58. The van der Waals surface area contributed by atoms with E-state index in [1.165, 1.54) is 0 Å². The van der Waals surface area contributed by atoms with Gasteiger partial charge in [0.1, 0.15) is 11.9 Å². The second kappa shape index (κ2) is 11.1. The predicted octanol–water partition coefficient (Wildman–Crippen LogP) is 3.45. The number of ketones is 1. The molecule has 0 amide bonds. The highest BCUT2D eigenvalue weighted by Gasteiger charge is 2.29. The van der Waals surface area contributed by atoms with Gasteiger partial charge in [-0.2, -0.15) is 0 Å². The van der Waals surface area contributed by atoms with E-state index in [0.29, 0.717) is 0 Å². The third-order valence-electron chi connectivity index (χ3n) is 5.00. The van der Waals surface area contributed by atoms with Crippen molar-refractivity contribution in [2.75, 3.05) is 44.7 Å². The second-order valence-electron chi connectivity index (χ2n) is 6.78. The van der Waals surface area contributed by atoms with Crippen LogP contribution in [0, 0.1) is 0 Å². The van der Waals surface area contributed by atoms with Crippen LogP contribution in [0.1, 0.15) is 23.7 Å². The number of hydrogen-bond acceptors (Lipinski definition) is 5. The van der Waals surface area contributed by atoms with E-state index in [2.05, 4.69) is 28.1 Å². The number of carbonyl (C=O) groups excluding carboxylic acids is 1. The summed E-state index contributed by atoms with van der Waals surface area (Å²) in [4.78, 5) is 17.7. The molecule has 2 aromatic rings. The van der Waals surface area contributed by atoms with Crippen LogP contribution in [0.5, 0.6) is 5.75 Å². The maximum atomic E-state index is 13.1. The second-order valence-corrected chi connectivity index (χ2v) is 6.78. The van der Waals surface area contributed by atoms with E-state index in [1.807, 2.05) is 48.5 Å². The molecule has 1 unspecified atom stereocenters. The van der Waals surface area contributed by atoms with Crippen molar-refractivity contribution in [1.29, 1.82) is 0 Å². The van der Waals surface area contributed by atoms with Gasteiger partial charge >= 0.3 is 0 Å². The molecule has 28 heavy (non-hydrogen) atoms. The topological polar surface area (TPSA) is 44.8 Å². The summed E-state index contributed by atoms with van der Waals surface area (Å²) in [6.45, 7) is 6.35. The minimum Gasteiger partial charge on any atom is -0.495 e. The zero-order valence-electron chi connectivity index (χ0n) is 16.6. The molecule has 3 rings (SSSR count). The van der Waals surface area contributed by atoms with Gasteiger partial charge in [-0.1, -0.05) is 49.4 Å². The third kappa shape index (κ3) is 5.25. The number of Topliss-reactive ketones (excluding diaryl/α,β-unsaturated/α-hetero) is 1. The van der Waals surface area contributed by atoms with Gasteiger partial charge in [-0.25, -0.2) is 0 Å². The highest BCUT2D eigenvalue weighted by Crippen LogP contribution is 2.28. The molecule has 0 bridgehead atoms. The van der Waals surface area contributed by atoms with E-state index in [9.17, 15) is 4.79 Å². The average Bonchev–Trinajstić information content (AvgIpc) is 2.75. The first-order chi connectivity index (χ1) is 13.2. The Morgan fingerprint density at radius 3 is 2.32 bits per heavy atom. The Morgan fingerprint density at radius 1 is 1.04 bits per heavy atom. The van der Waals surface area contributed by atoms with Crippen LogP contribution in [-0.4, -0.2) is 56.7 Å². The molecule has 1 aliphatic heterocycles. The van der Waals surface area contributed by atoms with Gasteiger partial charge in [0.15, 0.2) is 5.78 Å². The first-order valence-corrected chi connectivity index (χ1v) is 9.69. The van der Waals surface area contributed by atoms with E-state index in [0.717, 1.165) is 56.1 Å². The Bertz CT molecular complexity index is 734. The Kier molecular flexibility index (Phi) is 8.77. The first-order valence-electron chi connectivity index (χ1n) is 9.69. The van der Waals surface area contributed by atoms with Gasteiger partial charge in [0.25, 0.3) is 0 Å². The molecule has 1 heterocycles. The number of hydrogen-bond donors (Lipinski definition) is 1. The molecular weight excluding hydrogens is 374 g/mol. The Hall–Kier alpha value is -2.08. The zero-order chi connectivity index (χ0) is 19.1. The molecule has 6 heteroatoms. The highest BCUT2D eigenvalue weighted by atomic mass is 35.5. The summed E-state index contributed by atoms with van der Waals surface area (Å²) in [7, 11) is 1.71. The molecule has 152 valence electrons. The van der Waals surface area contributed by atoms with Gasteiger partial charge < -0.3 is 9.64 Å². The quantitative estimate of drug-likeness (QED) is 0.684. The number of nitrogens with zero attached hydrogens (tertiary/aromatic N) is 2. The van der Waals surface area contributed by atoms with Crippen molar-refractivity contribution in [3.8, 4) is 5.75 Å². The number of nitrogens with one attached hydrogen (secondary N) is 1. The summed E-state index contributed by atoms with van der Waals surface area (Å²) in [5.41, 5.74) is 1.88. The van der Waals surface area contributed by atoms with Gasteiger partial charge in [0, 0.05) is 31.7 Å². The summed E-state index contributed by atoms with van der Waals surface area (Å²) in [6, 6.07) is 17.7. The number of methoxy groups -OCH3 is 1. The number of halogens is 1. The molecule has 1 saturated heterocycles. The maximum absolute atomic E-state index is 13.1. The number of benzene rings is 2. The molecule has 1 N–H and O–H groups in total. The minimum absolute atomic E-state index is 0. The fourth-order valence-electron chi connectivity index (χ4n) is 3.54. The van der Waals surface area contributed by atoms with Gasteiger partial charge in [0.2, 0.25) is 0 Å². The summed E-state index contributed by atoms with van der Waals surface area (Å²) in [5.74, 6) is 1.04. The molecule has 0 aliphatic carbocycles. The van der Waals surface area contributed by atoms with Crippen molar-refractivity contribution in [3.63, 3.8) is 0 Å². The van der Waals surface area contributed by atoms with E-state index in [4.69, 9.17) is 4.74 Å². The van der Waals surface area contributed by atoms with Crippen molar-refractivity contribution in [3.05, 3.63) is 60.2 Å². The van der Waals surface area contributed by atoms with Crippen LogP contribution in [0.25, 0.3) is 0 Å². The Labute approximate surface area is 174 Å². The van der Waals surface area contributed by atoms with Crippen molar-refractivity contribution in [1.82, 2.24) is 10.2 Å². The third-order valence-corrected chi connectivity index (χ3v) is 5.00. The molecular formula is C22H30ClN3O2. The SMILES string of the molecule is CCCNC(C(=O)c1ccccc1)N1CCN(c2ccccc2OC)CC1.Cl. The molecule has 1 aliphatic rings. The average molecular weight is 404 g/mol. The lowest BCUT2D eigenvalue weighted by Gasteiger charge is -2.40. The van der Waals surface area contributed by atoms with Crippen molar-refractivity contribution in [2.24, 2.45) is 0 Å². The van der Waals surface area contributed by atoms with Crippen LogP contribution < -0.4 is 15.0 Å². The Balaban J connectivity index is 0.00000280. The number of ether oxygens (including phenoxy) is 1. The Morgan fingerprint density at radius 2 is 1.68 bits per heavy atom. The van der Waals surface area contributed by atoms with Gasteiger partial charge in [-0.3, -0.25) is 15.0 Å². The van der Waals surface area contributed by atoms with Crippen molar-refractivity contribution >= 4 is 23.9 Å². The summed E-state index contributed by atoms with van der Waals surface area (Å²) in [6.07, 6.45) is 0.729. The predicted molar refractivity (Wildman–Crippen MR) is 117 cm³/mol. The standard InChI is InChI=1S/C22H29N3O2.ClH/c1-3-13-23-22(21(26)18-9-5-4-6-10-18)25-16-14-24(15-17-25)19-11-7-8-12-20(19)27-2;/h4-12,22-23H,3,13-17H2,1-2H3;1H. The van der Waals surface area contributed by atoms with Gasteiger partial charge in [0.05, 0.1) is 12.8 Å². The van der Waals surface area contributed by atoms with Gasteiger partial charge in [-0.15, -0.1) is 12.4 Å². The van der Waals surface area contributed by atoms with Crippen LogP contribution >= 0.6 is 12.4 Å². The zero-order valence-corrected chi connectivity index (χ0v) is 17.5. The molecule has 0 saturated carbocycles. The number of piperazine rings is 1. The summed E-state index contributed by atoms with van der Waals surface area (Å²) < 4.78 is 5.50. The van der Waals surface area contributed by atoms with Crippen LogP contribution in [0.4, 0.5) is 5.69 Å². The van der Waals surface area contributed by atoms with Crippen molar-refractivity contribution in [2.45, 2.75) is 19.5 Å². The van der Waals surface area contributed by atoms with E-state index < -0.39 is 0 Å². The number of anilines is 1. The molecule has 0 spiro atoms. The first kappa shape index (κ1) is 22.2. The molecule has 5 nitrogen and oxygen atoms in total. The number of carbonyl (C=O) groups is 1. The van der Waals surface area contributed by atoms with Crippen LogP contribution in [0.2, 0.25) is 0 Å². The molecule has 0 aromatic heterocycles. The lowest BCUT2D eigenvalue weighted by atomic mass is 10.1. The largest absolute Gasteiger partial charge is 0.495 e. The highest BCUT2D eigenvalue weighted by molar-refractivity contribution is 5.99. The number of rotatable bonds is 8. The van der Waals surface area contributed by atoms with Crippen LogP contribution in [0.15, 0.2) is 54.6 Å². The van der Waals surface area contributed by atoms with Crippen LogP contribution in [-0.2, 0) is 0 Å². The monoisotopic (exact) mass is 403 g/mol. The molecule has 0 radical (unpaired) electrons. The number of para-hydroxylation sites is 2. The molecule has 2 aromatic carbocycles. The minimum atomic E-state index is -0.271. The summed E-state index contributed by atoms with van der Waals surface area (Å²) in [5, 5.41) is 3.45.